The van der Waals surface area contributed by atoms with Crippen molar-refractivity contribution in [1.82, 2.24) is 59.8 Å². The molecule has 0 amide bonds. The zero-order valence-corrected chi connectivity index (χ0v) is 78.7. The lowest BCUT2D eigenvalue weighted by Gasteiger charge is -2.32. The second kappa shape index (κ2) is 50.2. The van der Waals surface area contributed by atoms with Crippen LogP contribution in [0.4, 0.5) is 0 Å². The molecule has 2 atom stereocenters. The Hall–Kier alpha value is -15.4. The maximum atomic E-state index is 5.90. The van der Waals surface area contributed by atoms with E-state index in [-0.39, 0.29) is 12.2 Å². The van der Waals surface area contributed by atoms with E-state index in [1.54, 1.807) is 31.0 Å². The number of allylic oxidation sites excluding steroid dienone is 2. The van der Waals surface area contributed by atoms with Gasteiger partial charge in [-0.15, -0.1) is 0 Å². The highest BCUT2D eigenvalue weighted by Crippen LogP contribution is 2.38. The Labute approximate surface area is 789 Å². The molecule has 14 nitrogen and oxygen atoms in total. The monoisotopic (exact) mass is 1740 g/mol. The molecular weight excluding hydrogens is 1610 g/mol. The molecule has 0 bridgehead atoms. The van der Waals surface area contributed by atoms with E-state index in [2.05, 4.69) is 243 Å². The summed E-state index contributed by atoms with van der Waals surface area (Å²) in [4.78, 5) is 51.6. The third-order valence-electron chi connectivity index (χ3n) is 21.0. The molecule has 668 valence electrons. The zero-order chi connectivity index (χ0) is 102. The van der Waals surface area contributed by atoms with Gasteiger partial charge < -0.3 is 14.5 Å². The topological polar surface area (TPSA) is 176 Å². The Morgan fingerprint density at radius 3 is 1.35 bits per heavy atom. The van der Waals surface area contributed by atoms with Crippen molar-refractivity contribution in [2.75, 3.05) is 0 Å². The number of ether oxygens (including phenoxy) is 2. The first-order chi connectivity index (χ1) is 68.7. The molecular formula is C117H128N12O2. The van der Waals surface area contributed by atoms with Gasteiger partial charge in [0.2, 0.25) is 0 Å². The number of nitrogens with one attached hydrogen (secondary N) is 1. The number of benzene rings is 11. The highest BCUT2D eigenvalue weighted by Gasteiger charge is 2.30. The van der Waals surface area contributed by atoms with Gasteiger partial charge in [0.25, 0.3) is 0 Å². The van der Waals surface area contributed by atoms with Crippen molar-refractivity contribution in [2.24, 2.45) is 0 Å². The number of aryl methyl sites for hydroxylation is 9. The SMILES string of the molecule is Cc1c2ccccc2nc2ccccc12.Cc1cccc2c1OC1C=CC=CC1O2.Cc1cccc2cc3ccccc3nc12.Cc1cccc2ccc(-c3ccncc3)nc12.Cc1cccc2cccnc12.Cc1cccc2nc3ccccc3nc12.Cc1ccnc2ccccc12.Cc1ccnc2nc(-c3ccccc3)[nH]c12.Cc1ccncc1.[2H]C.[2H]C.[2H]C.[2H]C.[2H]C.[2H]C.[2H]C.[2H]C.[2H]C. The minimum atomic E-state index is 0.0172. The summed E-state index contributed by atoms with van der Waals surface area (Å²) >= 11 is 0. The van der Waals surface area contributed by atoms with Gasteiger partial charge in [-0.1, -0.05) is 285 Å². The first-order valence-electron chi connectivity index (χ1n) is 49.7. The average Bonchev–Trinajstić information content (AvgIpc) is 0.951. The van der Waals surface area contributed by atoms with Gasteiger partial charge in [-0.25, -0.2) is 34.9 Å². The summed E-state index contributed by atoms with van der Waals surface area (Å²) < 4.78 is 63.5. The van der Waals surface area contributed by atoms with Gasteiger partial charge in [0, 0.05) is 105 Å². The van der Waals surface area contributed by atoms with Crippen LogP contribution in [-0.2, 0) is 0 Å². The predicted octanol–water partition coefficient (Wildman–Crippen LogP) is 31.9. The van der Waals surface area contributed by atoms with Crippen LogP contribution in [0.3, 0.4) is 0 Å². The minimum absolute atomic E-state index is 0.0172. The lowest BCUT2D eigenvalue weighted by Crippen LogP contribution is -2.38. The first-order valence-corrected chi connectivity index (χ1v) is 40.7. The summed E-state index contributed by atoms with van der Waals surface area (Å²) in [6.07, 6.45) is 20.7. The van der Waals surface area contributed by atoms with Gasteiger partial charge in [-0.05, 0) is 228 Å². The highest BCUT2D eigenvalue weighted by molar-refractivity contribution is 5.98. The minimum Gasteiger partial charge on any atom is -0.478 e. The molecule has 1 N–H and O–H groups in total. The van der Waals surface area contributed by atoms with Gasteiger partial charge in [0.1, 0.15) is 5.82 Å². The quantitative estimate of drug-likeness (QED) is 0.162. The fourth-order valence-electron chi connectivity index (χ4n) is 14.4. The summed E-state index contributed by atoms with van der Waals surface area (Å²) in [7, 11) is 11.2. The first kappa shape index (κ1) is 90.4. The third-order valence-corrected chi connectivity index (χ3v) is 21.0. The molecule has 21 aromatic rings. The molecule has 10 aromatic heterocycles. The third kappa shape index (κ3) is 26.0. The maximum Gasteiger partial charge on any atom is 0.178 e. The van der Waals surface area contributed by atoms with E-state index in [4.69, 9.17) is 26.8 Å². The number of para-hydroxylation sites is 11. The smallest absolute Gasteiger partial charge is 0.178 e. The van der Waals surface area contributed by atoms with E-state index >= 15 is 0 Å². The Morgan fingerprint density at radius 2 is 0.740 bits per heavy atom. The molecule has 0 saturated heterocycles. The van der Waals surface area contributed by atoms with Crippen LogP contribution in [0, 0.1) is 62.3 Å². The van der Waals surface area contributed by atoms with Crippen molar-refractivity contribution < 1.29 is 21.8 Å². The maximum absolute atomic E-state index is 5.90. The van der Waals surface area contributed by atoms with Crippen LogP contribution in [0.2, 0.25) is 0 Å². The summed E-state index contributed by atoms with van der Waals surface area (Å²) in [5.41, 5.74) is 27.4. The summed E-state index contributed by atoms with van der Waals surface area (Å²) in [5, 5.41) is 8.56. The average molecular weight is 1740 g/mol. The van der Waals surface area contributed by atoms with Crippen LogP contribution in [0.1, 0.15) is 129 Å². The lowest BCUT2D eigenvalue weighted by molar-refractivity contribution is 0.0748. The number of rotatable bonds is 2. The fraction of sp³-hybridized carbons (Fsp3) is 0.171. The predicted molar refractivity (Wildman–Crippen MR) is 564 cm³/mol. The molecule has 1 aliphatic carbocycles. The van der Waals surface area contributed by atoms with E-state index in [0.29, 0.717) is 0 Å². The van der Waals surface area contributed by atoms with Crippen molar-refractivity contribution in [3.8, 4) is 34.1 Å². The van der Waals surface area contributed by atoms with E-state index < -0.39 is 0 Å². The van der Waals surface area contributed by atoms with Crippen LogP contribution in [-0.4, -0.2) is 72.0 Å². The fourth-order valence-corrected chi connectivity index (χ4v) is 14.4. The van der Waals surface area contributed by atoms with E-state index in [9.17, 15) is 0 Å². The highest BCUT2D eigenvalue weighted by atomic mass is 16.6. The van der Waals surface area contributed by atoms with Gasteiger partial charge >= 0.3 is 0 Å². The molecule has 0 radical (unpaired) electrons. The number of fused-ring (bicyclic) bond motifs is 12. The van der Waals surface area contributed by atoms with Gasteiger partial charge in [0.15, 0.2) is 29.4 Å². The van der Waals surface area contributed by atoms with E-state index in [0.717, 1.165) is 112 Å². The number of H-pyrrole nitrogens is 1. The Bertz CT molecular complexity index is 7000. The van der Waals surface area contributed by atoms with Crippen molar-refractivity contribution in [1.29, 1.82) is 0 Å². The van der Waals surface area contributed by atoms with Crippen molar-refractivity contribution in [3.63, 3.8) is 0 Å². The molecule has 0 saturated carbocycles. The Kier molecular flexibility index (Phi) is 34.6. The normalized spacial score (nSPS) is 12.2. The van der Waals surface area contributed by atoms with E-state index in [1.807, 2.05) is 220 Å². The molecule has 23 rings (SSSR count). The van der Waals surface area contributed by atoms with Crippen LogP contribution in [0.15, 0.2) is 377 Å². The molecule has 0 spiro atoms. The van der Waals surface area contributed by atoms with Crippen molar-refractivity contribution in [3.05, 3.63) is 427 Å². The van der Waals surface area contributed by atoms with Crippen LogP contribution < -0.4 is 9.47 Å². The van der Waals surface area contributed by atoms with Gasteiger partial charge in [-0.2, -0.15) is 0 Å². The molecule has 2 unspecified atom stereocenters. The number of aromatic amines is 1. The summed E-state index contributed by atoms with van der Waals surface area (Å²) in [6.45, 7) is 18.7. The Morgan fingerprint density at radius 1 is 0.282 bits per heavy atom. The van der Waals surface area contributed by atoms with Gasteiger partial charge in [-0.3, -0.25) is 19.9 Å². The van der Waals surface area contributed by atoms with E-state index in [1.165, 1.54) is 149 Å². The molecule has 2 aliphatic rings. The number of aromatic nitrogens is 12. The summed E-state index contributed by atoms with van der Waals surface area (Å²) in [6, 6.07) is 104. The van der Waals surface area contributed by atoms with Gasteiger partial charge in [0.05, 0.1) is 71.9 Å². The number of hydrogen-bond acceptors (Lipinski definition) is 13. The largest absolute Gasteiger partial charge is 0.478 e. The Balaban J connectivity index is 0.000000238. The number of nitrogens with zero attached hydrogens (tertiary/aromatic N) is 11. The number of pyridine rings is 8. The van der Waals surface area contributed by atoms with Crippen molar-refractivity contribution in [2.45, 2.75) is 141 Å². The van der Waals surface area contributed by atoms with Crippen LogP contribution in [0.25, 0.3) is 132 Å². The number of imidazole rings is 1. The van der Waals surface area contributed by atoms with Crippen LogP contribution >= 0.6 is 0 Å². The number of hydrogen-bond donors (Lipinski definition) is 1. The standard InChI is InChI=1S/C15H12N2.2C14H11N.C13H11N3.C13H10N2.C13H12O2.2C10H9N.C6H7N.9CH4/c1-11-3-2-4-13-5-6-14(17-15(11)13)12-7-9-16-10-8-12;1-10-11-6-2-4-8-13(11)15-14-9-5-3-7-12(10)14;1-10-5-4-7-12-9-11-6-2-3-8-13(11)15-14(10)12;1-9-7-8-14-13-11(9)15-12(16-13)10-5-3-2-4-6-10;2*1-9-5-4-8-12-13(9)15-11-7-3-2-6-10(11)14-12;1-8-4-2-5-9-6-3-7-11-10(8)9;1-8-6-7-11-10-5-3-2-4-9(8)10;1-6-2-4-7-5-3-6;;;;;;;;;/h2-10H,1H3;2*2-9H,1H3;2-8H,1H3,(H,14,15,16);2-8H,1H3;2-8,10-11H,1H3;2*2-7H,1H3;2-5H,1H3;9*1H4/i;;;;;;;;;9*1D. The molecule has 11 heterocycles. The van der Waals surface area contributed by atoms with Crippen LogP contribution in [0.5, 0.6) is 11.5 Å². The van der Waals surface area contributed by atoms with Crippen molar-refractivity contribution >= 4 is 110 Å². The molecule has 11 aromatic carbocycles. The molecule has 1 aliphatic heterocycles. The molecule has 131 heavy (non-hydrogen) atoms. The molecule has 14 heteroatoms. The zero-order valence-electron chi connectivity index (χ0n) is 87.7. The lowest BCUT2D eigenvalue weighted by atomic mass is 10.0. The molecule has 0 fully saturated rings. The second-order valence-corrected chi connectivity index (χ2v) is 29.8. The second-order valence-electron chi connectivity index (χ2n) is 29.8. The summed E-state index contributed by atoms with van der Waals surface area (Å²) in [5.74, 6) is 2.59.